The third-order valence-electron chi connectivity index (χ3n) is 1.43. The Kier molecular flexibility index (Phi) is 2.61. The number of hydrogen-bond donors (Lipinski definition) is 0. The molecule has 0 saturated carbocycles. The van der Waals surface area contributed by atoms with Gasteiger partial charge in [-0.05, 0) is 34.0 Å². The number of aromatic nitrogens is 1. The molecule has 0 unspecified atom stereocenters. The third-order valence-corrected chi connectivity index (χ3v) is 2.14. The van der Waals surface area contributed by atoms with E-state index >= 15 is 0 Å². The van der Waals surface area contributed by atoms with Crippen molar-refractivity contribution in [3.8, 4) is 6.07 Å². The Bertz CT molecular complexity index is 301. The van der Waals surface area contributed by atoms with Crippen molar-refractivity contribution in [3.63, 3.8) is 0 Å². The number of rotatable bonds is 1. The summed E-state index contributed by atoms with van der Waals surface area (Å²) < 4.78 is 0.971. The van der Waals surface area contributed by atoms with Gasteiger partial charge in [-0.15, -0.1) is 0 Å². The monoisotopic (exact) mass is 210 g/mol. The summed E-state index contributed by atoms with van der Waals surface area (Å²) in [6, 6.07) is 3.79. The summed E-state index contributed by atoms with van der Waals surface area (Å²) >= 11 is 3.35. The van der Waals surface area contributed by atoms with E-state index in [9.17, 15) is 0 Å². The second-order valence-corrected chi connectivity index (χ2v) is 2.98. The molecule has 0 aliphatic carbocycles. The molecule has 0 fully saturated rings. The van der Waals surface area contributed by atoms with Gasteiger partial charge in [0, 0.05) is 10.7 Å². The molecule has 56 valence electrons. The van der Waals surface area contributed by atoms with Crippen LogP contribution in [-0.2, 0) is 6.42 Å². The van der Waals surface area contributed by atoms with E-state index in [1.54, 1.807) is 12.3 Å². The zero-order chi connectivity index (χ0) is 8.27. The van der Waals surface area contributed by atoms with Crippen molar-refractivity contribution in [2.45, 2.75) is 13.3 Å². The van der Waals surface area contributed by atoms with Gasteiger partial charge in [0.15, 0.2) is 0 Å². The minimum absolute atomic E-state index is 0.477. The van der Waals surface area contributed by atoms with Crippen molar-refractivity contribution in [2.24, 2.45) is 0 Å². The average molecular weight is 211 g/mol. The van der Waals surface area contributed by atoms with Gasteiger partial charge in [0.25, 0.3) is 0 Å². The Morgan fingerprint density at radius 1 is 1.73 bits per heavy atom. The van der Waals surface area contributed by atoms with E-state index in [0.29, 0.717) is 5.69 Å². The van der Waals surface area contributed by atoms with Crippen molar-refractivity contribution in [1.82, 2.24) is 4.98 Å². The lowest BCUT2D eigenvalue weighted by Gasteiger charge is -1.98. The molecule has 1 rings (SSSR count). The Morgan fingerprint density at radius 2 is 2.45 bits per heavy atom. The molecule has 0 saturated heterocycles. The minimum atomic E-state index is 0.477. The Labute approximate surface area is 74.0 Å². The Balaban J connectivity index is 3.15. The molecule has 0 bridgehead atoms. The first-order chi connectivity index (χ1) is 5.27. The molecule has 0 aliphatic heterocycles. The summed E-state index contributed by atoms with van der Waals surface area (Å²) in [5, 5.41) is 8.52. The normalized spacial score (nSPS) is 9.18. The van der Waals surface area contributed by atoms with Gasteiger partial charge >= 0.3 is 0 Å². The van der Waals surface area contributed by atoms with E-state index in [1.165, 1.54) is 0 Å². The van der Waals surface area contributed by atoms with Gasteiger partial charge in [0.05, 0.1) is 0 Å². The van der Waals surface area contributed by atoms with Gasteiger partial charge in [0.2, 0.25) is 0 Å². The van der Waals surface area contributed by atoms with Crippen molar-refractivity contribution >= 4 is 15.9 Å². The van der Waals surface area contributed by atoms with Crippen LogP contribution in [0.4, 0.5) is 0 Å². The molecule has 1 heterocycles. The second kappa shape index (κ2) is 3.49. The summed E-state index contributed by atoms with van der Waals surface area (Å²) in [5.41, 5.74) is 1.60. The van der Waals surface area contributed by atoms with Crippen LogP contribution < -0.4 is 0 Å². The van der Waals surface area contributed by atoms with Crippen LogP contribution in [-0.4, -0.2) is 4.98 Å². The quantitative estimate of drug-likeness (QED) is 0.714. The summed E-state index contributed by atoms with van der Waals surface area (Å²) in [4.78, 5) is 3.90. The van der Waals surface area contributed by atoms with Crippen molar-refractivity contribution in [2.75, 3.05) is 0 Å². The molecule has 0 N–H and O–H groups in total. The molecule has 1 aromatic rings. The molecular weight excluding hydrogens is 204 g/mol. The zero-order valence-electron chi connectivity index (χ0n) is 6.13. The molecule has 11 heavy (non-hydrogen) atoms. The van der Waals surface area contributed by atoms with Gasteiger partial charge in [-0.25, -0.2) is 4.98 Å². The smallest absolute Gasteiger partial charge is 0.140 e. The number of nitrogens with zero attached hydrogens (tertiary/aromatic N) is 2. The molecule has 0 radical (unpaired) electrons. The maximum atomic E-state index is 8.52. The van der Waals surface area contributed by atoms with E-state index in [2.05, 4.69) is 20.9 Å². The standard InChI is InChI=1S/C8H7BrN2/c1-2-6-3-7(4-10)11-5-8(6)9/h3,5H,2H2,1H3. The number of halogens is 1. The summed E-state index contributed by atoms with van der Waals surface area (Å²) in [6.07, 6.45) is 2.58. The highest BCUT2D eigenvalue weighted by molar-refractivity contribution is 9.10. The fourth-order valence-electron chi connectivity index (χ4n) is 0.812. The number of aryl methyl sites for hydroxylation is 1. The Hall–Kier alpha value is -0.880. The lowest BCUT2D eigenvalue weighted by molar-refractivity contribution is 1.09. The fourth-order valence-corrected chi connectivity index (χ4v) is 1.31. The van der Waals surface area contributed by atoms with Crippen molar-refractivity contribution in [1.29, 1.82) is 5.26 Å². The predicted octanol–water partition coefficient (Wildman–Crippen LogP) is 2.28. The van der Waals surface area contributed by atoms with E-state index in [0.717, 1.165) is 16.5 Å². The number of pyridine rings is 1. The maximum Gasteiger partial charge on any atom is 0.140 e. The highest BCUT2D eigenvalue weighted by Gasteiger charge is 1.98. The van der Waals surface area contributed by atoms with Crippen LogP contribution in [0.3, 0.4) is 0 Å². The third kappa shape index (κ3) is 1.78. The minimum Gasteiger partial charge on any atom is -0.244 e. The van der Waals surface area contributed by atoms with Gasteiger partial charge in [-0.1, -0.05) is 6.92 Å². The van der Waals surface area contributed by atoms with Gasteiger partial charge in [0.1, 0.15) is 11.8 Å². The van der Waals surface area contributed by atoms with Crippen LogP contribution in [0.5, 0.6) is 0 Å². The molecule has 0 atom stereocenters. The van der Waals surface area contributed by atoms with Crippen molar-refractivity contribution < 1.29 is 0 Å². The lowest BCUT2D eigenvalue weighted by atomic mass is 10.2. The van der Waals surface area contributed by atoms with E-state index in [-0.39, 0.29) is 0 Å². The fraction of sp³-hybridized carbons (Fsp3) is 0.250. The molecule has 0 aliphatic rings. The summed E-state index contributed by atoms with van der Waals surface area (Å²) in [5.74, 6) is 0. The van der Waals surface area contributed by atoms with E-state index in [1.807, 2.05) is 13.0 Å². The van der Waals surface area contributed by atoms with Gasteiger partial charge in [-0.2, -0.15) is 5.26 Å². The van der Waals surface area contributed by atoms with Crippen molar-refractivity contribution in [3.05, 3.63) is 28.0 Å². The number of hydrogen-bond acceptors (Lipinski definition) is 2. The highest BCUT2D eigenvalue weighted by atomic mass is 79.9. The molecule has 0 spiro atoms. The summed E-state index contributed by atoms with van der Waals surface area (Å²) in [6.45, 7) is 2.04. The van der Waals surface area contributed by atoms with Crippen LogP contribution in [0.2, 0.25) is 0 Å². The first-order valence-corrected chi connectivity index (χ1v) is 4.11. The van der Waals surface area contributed by atoms with E-state index < -0.39 is 0 Å². The van der Waals surface area contributed by atoms with E-state index in [4.69, 9.17) is 5.26 Å². The van der Waals surface area contributed by atoms with Crippen LogP contribution in [0.25, 0.3) is 0 Å². The Morgan fingerprint density at radius 3 is 3.00 bits per heavy atom. The average Bonchev–Trinajstić information content (AvgIpc) is 2.05. The zero-order valence-corrected chi connectivity index (χ0v) is 7.72. The molecular formula is C8H7BrN2. The first-order valence-electron chi connectivity index (χ1n) is 3.32. The van der Waals surface area contributed by atoms with Crippen LogP contribution in [0.1, 0.15) is 18.2 Å². The topological polar surface area (TPSA) is 36.7 Å². The molecule has 2 nitrogen and oxygen atoms in total. The molecule has 3 heteroatoms. The predicted molar refractivity (Wildman–Crippen MR) is 46.0 cm³/mol. The first kappa shape index (κ1) is 8.22. The second-order valence-electron chi connectivity index (χ2n) is 2.13. The van der Waals surface area contributed by atoms with Crippen LogP contribution in [0, 0.1) is 11.3 Å². The lowest BCUT2D eigenvalue weighted by Crippen LogP contribution is -1.88. The number of nitriles is 1. The highest BCUT2D eigenvalue weighted by Crippen LogP contribution is 2.16. The van der Waals surface area contributed by atoms with Gasteiger partial charge < -0.3 is 0 Å². The SMILES string of the molecule is CCc1cc(C#N)ncc1Br. The van der Waals surface area contributed by atoms with Crippen LogP contribution >= 0.6 is 15.9 Å². The van der Waals surface area contributed by atoms with Gasteiger partial charge in [-0.3, -0.25) is 0 Å². The molecule has 1 aromatic heterocycles. The molecule has 0 aromatic carbocycles. The summed E-state index contributed by atoms with van der Waals surface area (Å²) in [7, 11) is 0. The maximum absolute atomic E-state index is 8.52. The largest absolute Gasteiger partial charge is 0.244 e. The van der Waals surface area contributed by atoms with Crippen LogP contribution in [0.15, 0.2) is 16.7 Å². The molecule has 0 amide bonds.